The Morgan fingerprint density at radius 3 is 2.48 bits per heavy atom. The minimum Gasteiger partial charge on any atom is -0.381 e. The Hall–Kier alpha value is -1.66. The molecule has 0 N–H and O–H groups in total. The number of hydrogen-bond donors (Lipinski definition) is 0. The quantitative estimate of drug-likeness (QED) is 0.594. The summed E-state index contributed by atoms with van der Waals surface area (Å²) in [4.78, 5) is 13.1. The lowest BCUT2D eigenvalue weighted by molar-refractivity contribution is -0.384. The van der Waals surface area contributed by atoms with Crippen LogP contribution in [-0.2, 0) is 16.1 Å². The van der Waals surface area contributed by atoms with E-state index in [1.807, 2.05) is 6.07 Å². The molecule has 3 rings (SSSR count). The number of methoxy groups -OCH3 is 1. The van der Waals surface area contributed by atoms with Crippen molar-refractivity contribution in [1.82, 2.24) is 0 Å². The Morgan fingerprint density at radius 2 is 1.91 bits per heavy atom. The molecule has 23 heavy (non-hydrogen) atoms. The van der Waals surface area contributed by atoms with Gasteiger partial charge in [-0.2, -0.15) is 0 Å². The van der Waals surface area contributed by atoms with Crippen molar-refractivity contribution in [1.29, 1.82) is 0 Å². The fourth-order valence-electron chi connectivity index (χ4n) is 3.13. The number of hydrogen-bond acceptors (Lipinski definition) is 5. The maximum Gasteiger partial charge on any atom is 0.271 e. The van der Waals surface area contributed by atoms with Crippen LogP contribution in [0.15, 0.2) is 18.2 Å². The first-order valence-electron chi connectivity index (χ1n) is 8.33. The Labute approximate surface area is 136 Å². The van der Waals surface area contributed by atoms with Crippen LogP contribution in [0.2, 0.25) is 0 Å². The number of non-ortho nitro benzene ring substituents is 1. The molecular formula is C17H24N2O4. The molecule has 1 aromatic rings. The number of nitrogens with zero attached hydrogens (tertiary/aromatic N) is 2. The summed E-state index contributed by atoms with van der Waals surface area (Å²) in [5.41, 5.74) is 1.94. The van der Waals surface area contributed by atoms with Crippen molar-refractivity contribution < 1.29 is 14.4 Å². The maximum atomic E-state index is 11.2. The van der Waals surface area contributed by atoms with Crippen LogP contribution in [0.3, 0.4) is 0 Å². The van der Waals surface area contributed by atoms with Gasteiger partial charge in [0.25, 0.3) is 5.69 Å². The van der Waals surface area contributed by atoms with Crippen LogP contribution >= 0.6 is 0 Å². The van der Waals surface area contributed by atoms with Gasteiger partial charge in [-0.1, -0.05) is 0 Å². The zero-order valence-electron chi connectivity index (χ0n) is 13.6. The van der Waals surface area contributed by atoms with Crippen molar-refractivity contribution in [3.05, 3.63) is 33.9 Å². The smallest absolute Gasteiger partial charge is 0.271 e. The molecule has 0 amide bonds. The summed E-state index contributed by atoms with van der Waals surface area (Å²) >= 11 is 0. The van der Waals surface area contributed by atoms with Gasteiger partial charge in [-0.05, 0) is 43.7 Å². The van der Waals surface area contributed by atoms with Crippen LogP contribution in [0.25, 0.3) is 0 Å². The van der Waals surface area contributed by atoms with Gasteiger partial charge in [0.2, 0.25) is 0 Å². The molecule has 1 aliphatic heterocycles. The highest BCUT2D eigenvalue weighted by Crippen LogP contribution is 2.29. The van der Waals surface area contributed by atoms with E-state index in [1.165, 1.54) is 6.42 Å². The minimum absolute atomic E-state index is 0.142. The number of nitro groups is 1. The van der Waals surface area contributed by atoms with Gasteiger partial charge in [0, 0.05) is 38.0 Å². The molecule has 1 heterocycles. The third-order valence-corrected chi connectivity index (χ3v) is 4.85. The van der Waals surface area contributed by atoms with Gasteiger partial charge in [-0.25, -0.2) is 0 Å². The van der Waals surface area contributed by atoms with Crippen LogP contribution in [0.5, 0.6) is 0 Å². The summed E-state index contributed by atoms with van der Waals surface area (Å²) < 4.78 is 11.2. The van der Waals surface area contributed by atoms with E-state index in [-0.39, 0.29) is 10.6 Å². The molecule has 0 radical (unpaired) electrons. The first-order chi connectivity index (χ1) is 11.2. The Morgan fingerprint density at radius 1 is 1.17 bits per heavy atom. The summed E-state index contributed by atoms with van der Waals surface area (Å²) in [6.07, 6.45) is 5.96. The van der Waals surface area contributed by atoms with E-state index in [1.54, 1.807) is 19.2 Å². The number of ether oxygens (including phenoxy) is 2. The highest BCUT2D eigenvalue weighted by Gasteiger charge is 2.22. The standard InChI is InChI=1S/C17H24N2O4/c1-22-16-5-7-18(8-6-16)14-9-13(10-15(11-14)19(20)21)12-23-17-3-2-4-17/h9-11,16-17H,2-8,12H2,1H3. The normalized spacial score (nSPS) is 19.6. The van der Waals surface area contributed by atoms with Crippen LogP contribution in [0.1, 0.15) is 37.7 Å². The maximum absolute atomic E-state index is 11.2. The molecule has 6 heteroatoms. The molecule has 1 saturated heterocycles. The van der Waals surface area contributed by atoms with E-state index in [0.29, 0.717) is 18.8 Å². The second-order valence-electron chi connectivity index (χ2n) is 6.40. The molecule has 1 saturated carbocycles. The van der Waals surface area contributed by atoms with Crippen molar-refractivity contribution in [2.75, 3.05) is 25.1 Å². The SMILES string of the molecule is COC1CCN(c2cc(COC3CCC3)cc([N+](=O)[O-])c2)CC1. The largest absolute Gasteiger partial charge is 0.381 e. The van der Waals surface area contributed by atoms with Crippen LogP contribution in [0, 0.1) is 10.1 Å². The predicted molar refractivity (Wildman–Crippen MR) is 87.8 cm³/mol. The van der Waals surface area contributed by atoms with E-state index in [2.05, 4.69) is 4.90 Å². The van der Waals surface area contributed by atoms with Crippen molar-refractivity contribution in [3.63, 3.8) is 0 Å². The number of rotatable bonds is 6. The lowest BCUT2D eigenvalue weighted by Crippen LogP contribution is -2.36. The minimum atomic E-state index is -0.321. The van der Waals surface area contributed by atoms with E-state index in [0.717, 1.165) is 50.0 Å². The molecular weight excluding hydrogens is 296 g/mol. The summed E-state index contributed by atoms with van der Waals surface area (Å²) in [6.45, 7) is 2.18. The highest BCUT2D eigenvalue weighted by molar-refractivity contribution is 5.56. The van der Waals surface area contributed by atoms with Gasteiger partial charge < -0.3 is 14.4 Å². The van der Waals surface area contributed by atoms with E-state index in [4.69, 9.17) is 9.47 Å². The fourth-order valence-corrected chi connectivity index (χ4v) is 3.13. The number of piperidine rings is 1. The summed E-state index contributed by atoms with van der Waals surface area (Å²) in [5, 5.41) is 11.2. The van der Waals surface area contributed by atoms with Gasteiger partial charge in [0.05, 0.1) is 23.7 Å². The molecule has 1 aromatic carbocycles. The zero-order valence-corrected chi connectivity index (χ0v) is 13.6. The monoisotopic (exact) mass is 320 g/mol. The van der Waals surface area contributed by atoms with Gasteiger partial charge in [-0.3, -0.25) is 10.1 Å². The summed E-state index contributed by atoms with van der Waals surface area (Å²) in [5.74, 6) is 0. The van der Waals surface area contributed by atoms with Gasteiger partial charge in [0.1, 0.15) is 0 Å². The van der Waals surface area contributed by atoms with E-state index in [9.17, 15) is 10.1 Å². The van der Waals surface area contributed by atoms with Crippen molar-refractivity contribution in [2.45, 2.75) is 50.9 Å². The molecule has 0 spiro atoms. The lowest BCUT2D eigenvalue weighted by atomic mass is 9.96. The van der Waals surface area contributed by atoms with E-state index < -0.39 is 0 Å². The Balaban J connectivity index is 1.72. The average Bonchev–Trinajstić information content (AvgIpc) is 2.53. The van der Waals surface area contributed by atoms with Crippen LogP contribution in [-0.4, -0.2) is 37.3 Å². The highest BCUT2D eigenvalue weighted by atomic mass is 16.6. The molecule has 1 aliphatic carbocycles. The summed E-state index contributed by atoms with van der Waals surface area (Å²) in [6, 6.07) is 5.32. The number of anilines is 1. The predicted octanol–water partition coefficient (Wildman–Crippen LogP) is 3.28. The second kappa shape index (κ2) is 7.27. The van der Waals surface area contributed by atoms with Crippen LogP contribution < -0.4 is 4.90 Å². The van der Waals surface area contributed by atoms with Gasteiger partial charge in [-0.15, -0.1) is 0 Å². The third-order valence-electron chi connectivity index (χ3n) is 4.85. The first kappa shape index (κ1) is 16.2. The van der Waals surface area contributed by atoms with Gasteiger partial charge in [0.15, 0.2) is 0 Å². The fraction of sp³-hybridized carbons (Fsp3) is 0.647. The summed E-state index contributed by atoms with van der Waals surface area (Å²) in [7, 11) is 1.74. The molecule has 6 nitrogen and oxygen atoms in total. The number of nitro benzene ring substituents is 1. The molecule has 2 fully saturated rings. The second-order valence-corrected chi connectivity index (χ2v) is 6.40. The molecule has 2 aliphatic rings. The average molecular weight is 320 g/mol. The van der Waals surface area contributed by atoms with Crippen molar-refractivity contribution in [3.8, 4) is 0 Å². The third kappa shape index (κ3) is 4.00. The zero-order chi connectivity index (χ0) is 16.2. The molecule has 126 valence electrons. The van der Waals surface area contributed by atoms with Crippen molar-refractivity contribution in [2.24, 2.45) is 0 Å². The Bertz CT molecular complexity index is 552. The Kier molecular flexibility index (Phi) is 5.13. The first-order valence-corrected chi connectivity index (χ1v) is 8.33. The van der Waals surface area contributed by atoms with Crippen LogP contribution in [0.4, 0.5) is 11.4 Å². The lowest BCUT2D eigenvalue weighted by Gasteiger charge is -2.33. The van der Waals surface area contributed by atoms with Crippen molar-refractivity contribution >= 4 is 11.4 Å². The van der Waals surface area contributed by atoms with E-state index >= 15 is 0 Å². The topological polar surface area (TPSA) is 64.8 Å². The van der Waals surface area contributed by atoms with Gasteiger partial charge >= 0.3 is 0 Å². The molecule has 0 unspecified atom stereocenters. The molecule has 0 aromatic heterocycles. The molecule has 0 atom stereocenters. The number of benzene rings is 1. The molecule has 0 bridgehead atoms.